The highest BCUT2D eigenvalue weighted by molar-refractivity contribution is 6.20. The normalized spacial score (nSPS) is 13.2. The molecule has 0 bridgehead atoms. The Balaban J connectivity index is 2.91. The third-order valence-corrected chi connectivity index (χ3v) is 2.31. The number of ether oxygens (including phenoxy) is 1. The number of nitrogens with zero attached hydrogens (tertiary/aromatic N) is 1. The molecule has 0 saturated heterocycles. The van der Waals surface area contributed by atoms with E-state index in [9.17, 15) is 10.0 Å². The van der Waals surface area contributed by atoms with E-state index in [2.05, 4.69) is 4.74 Å². The summed E-state index contributed by atoms with van der Waals surface area (Å²) in [6.07, 6.45) is 1.56. The zero-order valence-corrected chi connectivity index (χ0v) is 9.42. The molecule has 16 heavy (non-hydrogen) atoms. The van der Waals surface area contributed by atoms with Crippen LogP contribution in [0.1, 0.15) is 24.9 Å². The third-order valence-electron chi connectivity index (χ3n) is 2.31. The summed E-state index contributed by atoms with van der Waals surface area (Å²) >= 11 is 0. The van der Waals surface area contributed by atoms with Crippen LogP contribution in [-0.4, -0.2) is 24.0 Å². The smallest absolute Gasteiger partial charge is 0.396 e. The van der Waals surface area contributed by atoms with Crippen LogP contribution in [0.2, 0.25) is 0 Å². The van der Waals surface area contributed by atoms with Gasteiger partial charge in [-0.2, -0.15) is 4.74 Å². The molecule has 1 rings (SSSR count). The largest absolute Gasteiger partial charge is 0.623 e. The lowest BCUT2D eigenvalue weighted by Crippen LogP contribution is -2.18. The van der Waals surface area contributed by atoms with Gasteiger partial charge < -0.3 is 9.94 Å². The second kappa shape index (κ2) is 5.90. The van der Waals surface area contributed by atoms with Crippen LogP contribution in [0.25, 0.3) is 0 Å². The summed E-state index contributed by atoms with van der Waals surface area (Å²) in [5.41, 5.74) is 0.889. The molecule has 1 aromatic rings. The molecule has 1 unspecified atom stereocenters. The molecule has 0 aliphatic heterocycles. The number of methoxy groups -OCH3 is 1. The second-order valence-corrected chi connectivity index (χ2v) is 3.35. The van der Waals surface area contributed by atoms with E-state index >= 15 is 0 Å². The monoisotopic (exact) mass is 221 g/mol. The lowest BCUT2D eigenvalue weighted by Gasteiger charge is -2.15. The standard InChI is InChI=1S/C12H15NO3/c1-3-11(10-7-5-4-6-8-10)13(15)9-12(14)16-2/h4-9,11H,3H2,1-2H3/b13-9-. The van der Waals surface area contributed by atoms with Crippen LogP contribution in [0.15, 0.2) is 30.3 Å². The summed E-state index contributed by atoms with van der Waals surface area (Å²) in [6.45, 7) is 1.90. The van der Waals surface area contributed by atoms with Crippen molar-refractivity contribution in [2.45, 2.75) is 19.4 Å². The van der Waals surface area contributed by atoms with Crippen LogP contribution < -0.4 is 0 Å². The minimum absolute atomic E-state index is 0.347. The Morgan fingerprint density at radius 3 is 2.62 bits per heavy atom. The summed E-state index contributed by atoms with van der Waals surface area (Å²) < 4.78 is 5.06. The van der Waals surface area contributed by atoms with Gasteiger partial charge in [0.15, 0.2) is 6.04 Å². The summed E-state index contributed by atoms with van der Waals surface area (Å²) in [5.74, 6) is -0.635. The SMILES string of the molecule is CCC(c1ccccc1)/[N+]([O-])=C/C(=O)OC. The van der Waals surface area contributed by atoms with E-state index in [0.29, 0.717) is 11.2 Å². The molecule has 4 nitrogen and oxygen atoms in total. The Hall–Kier alpha value is -1.84. The predicted octanol–water partition coefficient (Wildman–Crippen LogP) is 1.89. The Morgan fingerprint density at radius 2 is 2.12 bits per heavy atom. The van der Waals surface area contributed by atoms with Gasteiger partial charge in [-0.3, -0.25) is 0 Å². The van der Waals surface area contributed by atoms with Gasteiger partial charge >= 0.3 is 5.97 Å². The van der Waals surface area contributed by atoms with Gasteiger partial charge in [0.2, 0.25) is 0 Å². The molecule has 0 spiro atoms. The van der Waals surface area contributed by atoms with E-state index in [1.54, 1.807) is 0 Å². The van der Waals surface area contributed by atoms with Crippen LogP contribution in [0.4, 0.5) is 0 Å². The van der Waals surface area contributed by atoms with Crippen molar-refractivity contribution in [3.63, 3.8) is 0 Å². The molecule has 0 aliphatic carbocycles. The molecule has 0 aromatic heterocycles. The molecule has 1 aromatic carbocycles. The molecule has 0 heterocycles. The van der Waals surface area contributed by atoms with Crippen molar-refractivity contribution in [1.29, 1.82) is 0 Å². The number of rotatable bonds is 4. The molecule has 4 heteroatoms. The fraction of sp³-hybridized carbons (Fsp3) is 0.333. The van der Waals surface area contributed by atoms with Crippen molar-refractivity contribution >= 4 is 12.2 Å². The minimum atomic E-state index is -0.635. The van der Waals surface area contributed by atoms with Gasteiger partial charge in [-0.05, 0) is 0 Å². The molecule has 0 radical (unpaired) electrons. The van der Waals surface area contributed by atoms with Crippen molar-refractivity contribution in [3.05, 3.63) is 41.1 Å². The first-order chi connectivity index (χ1) is 7.69. The maximum atomic E-state index is 11.7. The number of esters is 1. The van der Waals surface area contributed by atoms with E-state index in [0.717, 1.165) is 11.8 Å². The number of hydroxylamine groups is 1. The van der Waals surface area contributed by atoms with Crippen molar-refractivity contribution < 1.29 is 14.3 Å². The number of hydrogen-bond donors (Lipinski definition) is 0. The fourth-order valence-corrected chi connectivity index (χ4v) is 1.48. The van der Waals surface area contributed by atoms with Crippen molar-refractivity contribution in [3.8, 4) is 0 Å². The van der Waals surface area contributed by atoms with Crippen LogP contribution >= 0.6 is 0 Å². The number of carbonyl (C=O) groups excluding carboxylic acids is 1. The van der Waals surface area contributed by atoms with E-state index in [1.807, 2.05) is 37.3 Å². The van der Waals surface area contributed by atoms with Crippen molar-refractivity contribution in [2.24, 2.45) is 0 Å². The van der Waals surface area contributed by atoms with E-state index in [-0.39, 0.29) is 6.04 Å². The maximum absolute atomic E-state index is 11.7. The van der Waals surface area contributed by atoms with Crippen molar-refractivity contribution in [2.75, 3.05) is 7.11 Å². The van der Waals surface area contributed by atoms with Gasteiger partial charge in [0.25, 0.3) is 6.21 Å². The van der Waals surface area contributed by atoms with E-state index in [1.165, 1.54) is 7.11 Å². The molecule has 0 amide bonds. The molecule has 0 saturated carbocycles. The third kappa shape index (κ3) is 3.08. The van der Waals surface area contributed by atoms with E-state index < -0.39 is 5.97 Å². The van der Waals surface area contributed by atoms with Crippen LogP contribution in [0, 0.1) is 5.21 Å². The Morgan fingerprint density at radius 1 is 1.50 bits per heavy atom. The first kappa shape index (κ1) is 12.2. The maximum Gasteiger partial charge on any atom is 0.396 e. The van der Waals surface area contributed by atoms with Gasteiger partial charge in [-0.15, -0.1) is 0 Å². The van der Waals surface area contributed by atoms with Gasteiger partial charge in [0.05, 0.1) is 7.11 Å². The minimum Gasteiger partial charge on any atom is -0.623 e. The summed E-state index contributed by atoms with van der Waals surface area (Å²) in [5, 5.41) is 11.7. The van der Waals surface area contributed by atoms with Gasteiger partial charge in [0, 0.05) is 12.0 Å². The predicted molar refractivity (Wildman–Crippen MR) is 61.2 cm³/mol. The van der Waals surface area contributed by atoms with Crippen LogP contribution in [0.5, 0.6) is 0 Å². The highest BCUT2D eigenvalue weighted by Gasteiger charge is 2.17. The first-order valence-electron chi connectivity index (χ1n) is 5.12. The number of hydrogen-bond acceptors (Lipinski definition) is 3. The summed E-state index contributed by atoms with van der Waals surface area (Å²) in [4.78, 5) is 11.0. The zero-order chi connectivity index (χ0) is 12.0. The van der Waals surface area contributed by atoms with Gasteiger partial charge in [0.1, 0.15) is 0 Å². The highest BCUT2D eigenvalue weighted by Crippen LogP contribution is 2.19. The number of carbonyl (C=O) groups is 1. The second-order valence-electron chi connectivity index (χ2n) is 3.35. The van der Waals surface area contributed by atoms with Gasteiger partial charge in [-0.1, -0.05) is 37.3 Å². The topological polar surface area (TPSA) is 52.4 Å². The summed E-state index contributed by atoms with van der Waals surface area (Å²) in [7, 11) is 1.25. The van der Waals surface area contributed by atoms with Crippen molar-refractivity contribution in [1.82, 2.24) is 0 Å². The quantitative estimate of drug-likeness (QED) is 0.256. The molecular formula is C12H15NO3. The molecule has 0 fully saturated rings. The first-order valence-corrected chi connectivity index (χ1v) is 5.12. The highest BCUT2D eigenvalue weighted by atomic mass is 16.5. The van der Waals surface area contributed by atoms with E-state index in [4.69, 9.17) is 0 Å². The Kier molecular flexibility index (Phi) is 4.51. The Bertz CT molecular complexity index is 373. The van der Waals surface area contributed by atoms with Crippen LogP contribution in [-0.2, 0) is 9.53 Å². The molecular weight excluding hydrogens is 206 g/mol. The fourth-order valence-electron chi connectivity index (χ4n) is 1.48. The van der Waals surface area contributed by atoms with Gasteiger partial charge in [-0.25, -0.2) is 4.79 Å². The lowest BCUT2D eigenvalue weighted by molar-refractivity contribution is -0.503. The molecule has 0 N–H and O–H groups in total. The number of benzene rings is 1. The lowest BCUT2D eigenvalue weighted by atomic mass is 10.1. The Labute approximate surface area is 94.7 Å². The molecule has 1 atom stereocenters. The molecule has 86 valence electrons. The average molecular weight is 221 g/mol. The zero-order valence-electron chi connectivity index (χ0n) is 9.42. The summed E-state index contributed by atoms with van der Waals surface area (Å²) in [6, 6.07) is 9.00. The average Bonchev–Trinajstić information content (AvgIpc) is 2.31. The molecule has 0 aliphatic rings. The van der Waals surface area contributed by atoms with Crippen LogP contribution in [0.3, 0.4) is 0 Å².